The molecule has 3 fully saturated rings. The second kappa shape index (κ2) is 15.5. The topological polar surface area (TPSA) is 114 Å². The van der Waals surface area contributed by atoms with Gasteiger partial charge in [0.05, 0.1) is 18.1 Å². The van der Waals surface area contributed by atoms with Gasteiger partial charge in [0.15, 0.2) is 6.04 Å². The molecule has 7 rings (SSSR count). The van der Waals surface area contributed by atoms with E-state index in [1.54, 1.807) is 68.1 Å². The van der Waals surface area contributed by atoms with E-state index in [2.05, 4.69) is 4.72 Å². The van der Waals surface area contributed by atoms with Crippen LogP contribution in [-0.2, 0) is 25.5 Å². The third-order valence-corrected chi connectivity index (χ3v) is 12.4. The SMILES string of the molecule is COc1cc(C(F)(F)C(NS(=O)(=O)c2ccc3cc(OC4CCCC4)ccc3c2)C(=O)N2C[C@H]3CN(C(=O)OC(C)(C)C)C[C@H]3C2)ccc1-c1ccc(Cl)cc1. The molecule has 1 aliphatic carbocycles. The van der Waals surface area contributed by atoms with Gasteiger partial charge < -0.3 is 24.0 Å². The quantitative estimate of drug-likeness (QED) is 0.172. The van der Waals surface area contributed by atoms with Gasteiger partial charge in [-0.1, -0.05) is 48.0 Å². The summed E-state index contributed by atoms with van der Waals surface area (Å²) < 4.78 is 81.4. The van der Waals surface area contributed by atoms with Crippen LogP contribution in [0.1, 0.15) is 52.0 Å². The normalized spacial score (nSPS) is 19.6. The Balaban J connectivity index is 1.18. The van der Waals surface area contributed by atoms with Crippen LogP contribution in [0.2, 0.25) is 5.02 Å². The highest BCUT2D eigenvalue weighted by atomic mass is 35.5. The lowest BCUT2D eigenvalue weighted by Gasteiger charge is -2.31. The van der Waals surface area contributed by atoms with Gasteiger partial charge in [-0.3, -0.25) is 4.79 Å². The van der Waals surface area contributed by atoms with Crippen LogP contribution >= 0.6 is 11.6 Å². The Morgan fingerprint density at radius 1 is 0.839 bits per heavy atom. The maximum atomic E-state index is 17.0. The number of amides is 2. The molecule has 2 saturated heterocycles. The summed E-state index contributed by atoms with van der Waals surface area (Å²) in [5.41, 5.74) is -0.147. The van der Waals surface area contributed by atoms with E-state index in [1.807, 2.05) is 6.07 Å². The van der Waals surface area contributed by atoms with E-state index in [0.29, 0.717) is 32.7 Å². The molecule has 298 valence electrons. The second-order valence-corrected chi connectivity index (χ2v) is 18.1. The molecule has 0 radical (unpaired) electrons. The van der Waals surface area contributed by atoms with Crippen LogP contribution in [0.4, 0.5) is 13.6 Å². The van der Waals surface area contributed by atoms with Gasteiger partial charge in [0.25, 0.3) is 5.92 Å². The molecule has 1 N–H and O–H groups in total. The van der Waals surface area contributed by atoms with Crippen molar-refractivity contribution in [2.75, 3.05) is 33.3 Å². The summed E-state index contributed by atoms with van der Waals surface area (Å²) in [6.07, 6.45) is 3.85. The van der Waals surface area contributed by atoms with E-state index < -0.39 is 45.2 Å². The fourth-order valence-electron chi connectivity index (χ4n) is 7.91. The van der Waals surface area contributed by atoms with Gasteiger partial charge >= 0.3 is 6.09 Å². The summed E-state index contributed by atoms with van der Waals surface area (Å²) >= 11 is 6.06. The van der Waals surface area contributed by atoms with Crippen LogP contribution in [0, 0.1) is 11.8 Å². The van der Waals surface area contributed by atoms with Gasteiger partial charge in [-0.2, -0.15) is 13.5 Å². The van der Waals surface area contributed by atoms with Crippen molar-refractivity contribution in [3.63, 3.8) is 0 Å². The fraction of sp³-hybridized carbons (Fsp3) is 0.429. The number of halogens is 3. The van der Waals surface area contributed by atoms with E-state index in [4.69, 9.17) is 25.8 Å². The minimum atomic E-state index is -4.69. The molecular weight excluding hydrogens is 764 g/mol. The smallest absolute Gasteiger partial charge is 0.410 e. The van der Waals surface area contributed by atoms with E-state index in [-0.39, 0.29) is 54.8 Å². The molecule has 0 bridgehead atoms. The summed E-state index contributed by atoms with van der Waals surface area (Å²) in [7, 11) is -3.35. The average molecular weight is 810 g/mol. The largest absolute Gasteiger partial charge is 0.496 e. The summed E-state index contributed by atoms with van der Waals surface area (Å²) in [5, 5.41) is 1.78. The predicted octanol–water partition coefficient (Wildman–Crippen LogP) is 8.25. The van der Waals surface area contributed by atoms with Crippen LogP contribution in [0.15, 0.2) is 83.8 Å². The number of methoxy groups -OCH3 is 1. The molecule has 2 heterocycles. The first-order valence-corrected chi connectivity index (χ1v) is 20.7. The number of alkyl halides is 2. The number of nitrogens with one attached hydrogen (secondary N) is 1. The molecule has 14 heteroatoms. The van der Waals surface area contributed by atoms with Crippen molar-refractivity contribution in [3.05, 3.63) is 89.4 Å². The van der Waals surface area contributed by atoms with Crippen LogP contribution in [0.3, 0.4) is 0 Å². The number of carbonyl (C=O) groups excluding carboxylic acids is 2. The number of hydrogen-bond acceptors (Lipinski definition) is 7. The molecule has 0 aromatic heterocycles. The van der Waals surface area contributed by atoms with Crippen molar-refractivity contribution in [3.8, 4) is 22.6 Å². The lowest BCUT2D eigenvalue weighted by atomic mass is 9.96. The number of fused-ring (bicyclic) bond motifs is 2. The van der Waals surface area contributed by atoms with E-state index in [9.17, 15) is 18.0 Å². The molecule has 56 heavy (non-hydrogen) atoms. The molecule has 4 aromatic carbocycles. The van der Waals surface area contributed by atoms with Crippen LogP contribution < -0.4 is 14.2 Å². The zero-order valence-corrected chi connectivity index (χ0v) is 33.3. The highest BCUT2D eigenvalue weighted by Crippen LogP contribution is 2.41. The Hall–Kier alpha value is -4.46. The monoisotopic (exact) mass is 809 g/mol. The van der Waals surface area contributed by atoms with Crippen molar-refractivity contribution in [2.24, 2.45) is 11.8 Å². The van der Waals surface area contributed by atoms with E-state index in [1.165, 1.54) is 36.3 Å². The first-order chi connectivity index (χ1) is 26.5. The molecule has 0 spiro atoms. The summed E-state index contributed by atoms with van der Waals surface area (Å²) in [6, 6.07) is 17.6. The lowest BCUT2D eigenvalue weighted by Crippen LogP contribution is -2.56. The van der Waals surface area contributed by atoms with E-state index in [0.717, 1.165) is 31.7 Å². The summed E-state index contributed by atoms with van der Waals surface area (Å²) in [6.45, 7) is 6.00. The molecule has 3 aliphatic rings. The first kappa shape index (κ1) is 39.8. The molecule has 10 nitrogen and oxygen atoms in total. The minimum Gasteiger partial charge on any atom is -0.496 e. The highest BCUT2D eigenvalue weighted by molar-refractivity contribution is 7.89. The Bertz CT molecular complexity index is 2210. The first-order valence-electron chi connectivity index (χ1n) is 18.8. The number of hydrogen-bond donors (Lipinski definition) is 1. The molecule has 2 amide bonds. The number of carbonyl (C=O) groups is 2. The third-order valence-electron chi connectivity index (χ3n) is 10.8. The second-order valence-electron chi connectivity index (χ2n) is 15.9. The fourth-order valence-corrected chi connectivity index (χ4v) is 9.26. The molecule has 2 aliphatic heterocycles. The number of sulfonamides is 1. The van der Waals surface area contributed by atoms with Gasteiger partial charge in [0, 0.05) is 54.2 Å². The molecule has 3 atom stereocenters. The highest BCUT2D eigenvalue weighted by Gasteiger charge is 2.53. The Kier molecular flexibility index (Phi) is 11.0. The zero-order valence-electron chi connectivity index (χ0n) is 31.8. The Labute approximate surface area is 331 Å². The summed E-state index contributed by atoms with van der Waals surface area (Å²) in [5.74, 6) is -4.74. The zero-order chi connectivity index (χ0) is 40.0. The van der Waals surface area contributed by atoms with Crippen LogP contribution in [0.5, 0.6) is 11.5 Å². The van der Waals surface area contributed by atoms with Crippen molar-refractivity contribution in [1.29, 1.82) is 0 Å². The average Bonchev–Trinajstić information content (AvgIpc) is 3.91. The van der Waals surface area contributed by atoms with Crippen molar-refractivity contribution in [2.45, 2.75) is 75.0 Å². The number of benzene rings is 4. The van der Waals surface area contributed by atoms with Crippen LogP contribution in [0.25, 0.3) is 21.9 Å². The Morgan fingerprint density at radius 2 is 1.46 bits per heavy atom. The predicted molar refractivity (Wildman–Crippen MR) is 210 cm³/mol. The maximum Gasteiger partial charge on any atom is 0.410 e. The maximum absolute atomic E-state index is 17.0. The van der Waals surface area contributed by atoms with Gasteiger partial charge in [-0.25, -0.2) is 13.2 Å². The molecule has 4 aromatic rings. The lowest BCUT2D eigenvalue weighted by molar-refractivity contribution is -0.143. The van der Waals surface area contributed by atoms with Gasteiger partial charge in [0.1, 0.15) is 17.1 Å². The van der Waals surface area contributed by atoms with E-state index >= 15 is 8.78 Å². The number of rotatable bonds is 10. The van der Waals surface area contributed by atoms with Gasteiger partial charge in [0.2, 0.25) is 15.9 Å². The van der Waals surface area contributed by atoms with Gasteiger partial charge in [-0.05, 0) is 105 Å². The molecular formula is C42H46ClF2N3O7S. The van der Waals surface area contributed by atoms with Crippen molar-refractivity contribution >= 4 is 44.4 Å². The standard InChI is InChI=1S/C42H46ClF2N3O7S/c1-41(2,3)55-40(50)48-24-29-22-47(23-30(29)25-48)39(49)38(42(44,45)31-13-18-36(37(21-31)53-4)26-9-14-32(43)15-10-26)46-56(51,52)35-17-12-27-19-34(16-11-28(27)20-35)54-33-7-5-6-8-33/h9-21,29-30,33,38,46H,5-8,22-25H2,1-4H3/t29-,30+,38?. The Morgan fingerprint density at radius 3 is 2.11 bits per heavy atom. The third kappa shape index (κ3) is 8.45. The summed E-state index contributed by atoms with van der Waals surface area (Å²) in [4.78, 5) is 29.7. The molecule has 1 saturated carbocycles. The van der Waals surface area contributed by atoms with Gasteiger partial charge in [-0.15, -0.1) is 0 Å². The van der Waals surface area contributed by atoms with Crippen molar-refractivity contribution in [1.82, 2.24) is 14.5 Å². The number of likely N-dealkylation sites (tertiary alicyclic amines) is 2. The number of ether oxygens (including phenoxy) is 3. The van der Waals surface area contributed by atoms with Crippen LogP contribution in [-0.4, -0.2) is 81.3 Å². The number of nitrogens with zero attached hydrogens (tertiary/aromatic N) is 2. The molecule has 1 unspecified atom stereocenters. The van der Waals surface area contributed by atoms with Crippen molar-refractivity contribution < 1.29 is 41.0 Å². The minimum absolute atomic E-state index is 0.0666.